The third-order valence-electron chi connectivity index (χ3n) is 3.30. The van der Waals surface area contributed by atoms with Crippen molar-refractivity contribution in [3.63, 3.8) is 0 Å². The average Bonchev–Trinajstić information content (AvgIpc) is 2.83. The molecule has 1 amide bonds. The summed E-state index contributed by atoms with van der Waals surface area (Å²) in [4.78, 5) is 29.9. The largest absolute Gasteiger partial charge is 0.467 e. The molecule has 0 bridgehead atoms. The lowest BCUT2D eigenvalue weighted by molar-refractivity contribution is -0.154. The van der Waals surface area contributed by atoms with Crippen LogP contribution in [-0.4, -0.2) is 41.5 Å². The van der Waals surface area contributed by atoms with Crippen LogP contribution in [0.4, 0.5) is 0 Å². The molecule has 1 atom stereocenters. The zero-order valence-electron chi connectivity index (χ0n) is 11.2. The van der Waals surface area contributed by atoms with Crippen molar-refractivity contribution in [1.29, 1.82) is 0 Å². The number of aryl methyl sites for hydroxylation is 1. The maximum atomic E-state index is 12.3. The quantitative estimate of drug-likeness (QED) is 0.789. The van der Waals surface area contributed by atoms with E-state index < -0.39 is 6.04 Å². The van der Waals surface area contributed by atoms with Crippen LogP contribution in [0.15, 0.2) is 5.38 Å². The fraction of sp³-hybridized carbons (Fsp3) is 0.615. The van der Waals surface area contributed by atoms with Crippen molar-refractivity contribution in [2.75, 3.05) is 13.7 Å². The van der Waals surface area contributed by atoms with Gasteiger partial charge in [-0.15, -0.1) is 11.3 Å². The highest BCUT2D eigenvalue weighted by Gasteiger charge is 2.32. The van der Waals surface area contributed by atoms with Crippen molar-refractivity contribution in [2.24, 2.45) is 0 Å². The van der Waals surface area contributed by atoms with Crippen molar-refractivity contribution in [3.8, 4) is 0 Å². The summed E-state index contributed by atoms with van der Waals surface area (Å²) in [5.41, 5.74) is 0.779. The highest BCUT2D eigenvalue weighted by Crippen LogP contribution is 2.20. The van der Waals surface area contributed by atoms with Gasteiger partial charge >= 0.3 is 5.97 Å². The van der Waals surface area contributed by atoms with Crippen LogP contribution >= 0.6 is 11.3 Å². The number of aromatic nitrogens is 1. The third kappa shape index (κ3) is 3.32. The van der Waals surface area contributed by atoms with Crippen molar-refractivity contribution < 1.29 is 14.3 Å². The first-order valence-electron chi connectivity index (χ1n) is 6.40. The zero-order chi connectivity index (χ0) is 13.8. The Morgan fingerprint density at radius 2 is 2.32 bits per heavy atom. The van der Waals surface area contributed by atoms with Gasteiger partial charge < -0.3 is 9.64 Å². The number of esters is 1. The van der Waals surface area contributed by atoms with Crippen LogP contribution in [0, 0.1) is 6.92 Å². The first-order valence-corrected chi connectivity index (χ1v) is 7.28. The zero-order valence-corrected chi connectivity index (χ0v) is 12.0. The maximum absolute atomic E-state index is 12.3. The van der Waals surface area contributed by atoms with E-state index in [0.717, 1.165) is 23.5 Å². The SMILES string of the molecule is COC(=O)C1CCCCN1C(=O)Cc1csc(C)n1. The molecule has 19 heavy (non-hydrogen) atoms. The Kier molecular flexibility index (Phi) is 4.52. The summed E-state index contributed by atoms with van der Waals surface area (Å²) < 4.78 is 4.78. The van der Waals surface area contributed by atoms with Gasteiger partial charge in [0.15, 0.2) is 0 Å². The van der Waals surface area contributed by atoms with Gasteiger partial charge in [0.1, 0.15) is 6.04 Å². The number of hydrogen-bond donors (Lipinski definition) is 0. The molecular weight excluding hydrogens is 264 g/mol. The molecule has 1 aliphatic rings. The molecule has 0 spiro atoms. The summed E-state index contributed by atoms with van der Waals surface area (Å²) in [6.45, 7) is 2.54. The summed E-state index contributed by atoms with van der Waals surface area (Å²) in [6.07, 6.45) is 2.85. The molecule has 0 N–H and O–H groups in total. The van der Waals surface area contributed by atoms with E-state index in [2.05, 4.69) is 4.98 Å². The molecule has 0 saturated carbocycles. The molecule has 0 radical (unpaired) electrons. The second kappa shape index (κ2) is 6.14. The van der Waals surface area contributed by atoms with Crippen molar-refractivity contribution >= 4 is 23.2 Å². The number of hydrogen-bond acceptors (Lipinski definition) is 5. The number of carbonyl (C=O) groups is 2. The van der Waals surface area contributed by atoms with E-state index in [1.165, 1.54) is 18.4 Å². The van der Waals surface area contributed by atoms with Gasteiger partial charge in [-0.2, -0.15) is 0 Å². The van der Waals surface area contributed by atoms with Crippen molar-refractivity contribution in [2.45, 2.75) is 38.6 Å². The Hall–Kier alpha value is -1.43. The predicted octanol–water partition coefficient (Wildman–Crippen LogP) is 1.55. The van der Waals surface area contributed by atoms with Gasteiger partial charge in [0.25, 0.3) is 0 Å². The second-order valence-corrected chi connectivity index (χ2v) is 5.72. The van der Waals surface area contributed by atoms with E-state index in [0.29, 0.717) is 13.0 Å². The van der Waals surface area contributed by atoms with E-state index in [1.807, 2.05) is 12.3 Å². The van der Waals surface area contributed by atoms with Crippen LogP contribution in [0.5, 0.6) is 0 Å². The standard InChI is InChI=1S/C13H18N2O3S/c1-9-14-10(8-19-9)7-12(16)15-6-4-3-5-11(15)13(17)18-2/h8,11H,3-7H2,1-2H3. The van der Waals surface area contributed by atoms with Crippen LogP contribution in [0.2, 0.25) is 0 Å². The number of likely N-dealkylation sites (tertiary alicyclic amines) is 1. The Balaban J connectivity index is 2.05. The molecule has 104 valence electrons. The molecule has 1 aliphatic heterocycles. The lowest BCUT2D eigenvalue weighted by Crippen LogP contribution is -2.49. The summed E-state index contributed by atoms with van der Waals surface area (Å²) >= 11 is 1.53. The molecule has 1 unspecified atom stereocenters. The predicted molar refractivity (Wildman–Crippen MR) is 71.9 cm³/mol. The monoisotopic (exact) mass is 282 g/mol. The second-order valence-electron chi connectivity index (χ2n) is 4.66. The molecule has 6 heteroatoms. The van der Waals surface area contributed by atoms with Crippen molar-refractivity contribution in [1.82, 2.24) is 9.88 Å². The molecule has 1 aromatic heterocycles. The van der Waals surface area contributed by atoms with E-state index in [-0.39, 0.29) is 18.3 Å². The van der Waals surface area contributed by atoms with Gasteiger partial charge in [0.2, 0.25) is 5.91 Å². The van der Waals surface area contributed by atoms with Gasteiger partial charge in [-0.1, -0.05) is 0 Å². The number of rotatable bonds is 3. The molecule has 5 nitrogen and oxygen atoms in total. The number of amides is 1. The Morgan fingerprint density at radius 1 is 1.53 bits per heavy atom. The third-order valence-corrected chi connectivity index (χ3v) is 4.12. The minimum absolute atomic E-state index is 0.0413. The molecule has 1 fully saturated rings. The topological polar surface area (TPSA) is 59.5 Å². The molecule has 2 heterocycles. The molecule has 0 aliphatic carbocycles. The first kappa shape index (κ1) is 14.0. The summed E-state index contributed by atoms with van der Waals surface area (Å²) in [6, 6.07) is -0.425. The highest BCUT2D eigenvalue weighted by molar-refractivity contribution is 7.09. The molecule has 1 saturated heterocycles. The van der Waals surface area contributed by atoms with Crippen molar-refractivity contribution in [3.05, 3.63) is 16.1 Å². The fourth-order valence-corrected chi connectivity index (χ4v) is 2.97. The lowest BCUT2D eigenvalue weighted by Gasteiger charge is -2.33. The number of methoxy groups -OCH3 is 1. The van der Waals surface area contributed by atoms with E-state index >= 15 is 0 Å². The Labute approximate surface area is 116 Å². The summed E-state index contributed by atoms with van der Waals surface area (Å²) in [5.74, 6) is -0.358. The normalized spacial score (nSPS) is 19.3. The van der Waals surface area contributed by atoms with Crippen LogP contribution < -0.4 is 0 Å². The minimum atomic E-state index is -0.425. The summed E-state index contributed by atoms with van der Waals surface area (Å²) in [7, 11) is 1.36. The summed E-state index contributed by atoms with van der Waals surface area (Å²) in [5, 5.41) is 2.84. The van der Waals surface area contributed by atoms with E-state index in [4.69, 9.17) is 4.74 Å². The Bertz CT molecular complexity index is 472. The molecule has 1 aromatic rings. The van der Waals surface area contributed by atoms with Crippen LogP contribution in [-0.2, 0) is 20.7 Å². The van der Waals surface area contributed by atoms with Gasteiger partial charge in [-0.05, 0) is 26.2 Å². The first-order chi connectivity index (χ1) is 9.11. The highest BCUT2D eigenvalue weighted by atomic mass is 32.1. The van der Waals surface area contributed by atoms with Gasteiger partial charge in [-0.25, -0.2) is 9.78 Å². The van der Waals surface area contributed by atoms with Gasteiger partial charge in [0.05, 0.1) is 24.2 Å². The maximum Gasteiger partial charge on any atom is 0.328 e. The molecule has 2 rings (SSSR count). The fourth-order valence-electron chi connectivity index (χ4n) is 2.36. The molecular formula is C13H18N2O3S. The smallest absolute Gasteiger partial charge is 0.328 e. The number of piperidine rings is 1. The number of ether oxygens (including phenoxy) is 1. The van der Waals surface area contributed by atoms with Crippen LogP contribution in [0.1, 0.15) is 30.0 Å². The van der Waals surface area contributed by atoms with E-state index in [1.54, 1.807) is 4.90 Å². The van der Waals surface area contributed by atoms with Gasteiger partial charge in [0, 0.05) is 11.9 Å². The number of thiazole rings is 1. The number of nitrogens with zero attached hydrogens (tertiary/aromatic N) is 2. The van der Waals surface area contributed by atoms with Crippen LogP contribution in [0.3, 0.4) is 0 Å². The van der Waals surface area contributed by atoms with E-state index in [9.17, 15) is 9.59 Å². The minimum Gasteiger partial charge on any atom is -0.467 e. The average molecular weight is 282 g/mol. The Morgan fingerprint density at radius 3 is 2.95 bits per heavy atom. The lowest BCUT2D eigenvalue weighted by atomic mass is 10.0. The van der Waals surface area contributed by atoms with Gasteiger partial charge in [-0.3, -0.25) is 4.79 Å². The number of carbonyl (C=O) groups excluding carboxylic acids is 2. The van der Waals surface area contributed by atoms with Crippen LogP contribution in [0.25, 0.3) is 0 Å². The molecule has 0 aromatic carbocycles.